The number of Topliss-reactive ketones (excluding diaryl/α,β-unsaturated/α-hetero) is 1. The fourth-order valence-electron chi connectivity index (χ4n) is 2.16. The lowest BCUT2D eigenvalue weighted by atomic mass is 10.1. The van der Waals surface area contributed by atoms with E-state index >= 15 is 0 Å². The third kappa shape index (κ3) is 2.74. The lowest BCUT2D eigenvalue weighted by Crippen LogP contribution is -2.17. The minimum Gasteiger partial charge on any atom is -0.381 e. The zero-order chi connectivity index (χ0) is 9.80. The van der Waals surface area contributed by atoms with E-state index < -0.39 is 0 Å². The number of ketones is 1. The standard InChI is InChI=1S/C11H18O2S/c12-11(9-5-6-13-7-9)8-14-10-3-1-2-4-10/h9-10H,1-8H2. The van der Waals surface area contributed by atoms with Crippen LogP contribution in [-0.2, 0) is 9.53 Å². The Kier molecular flexibility index (Phi) is 3.88. The van der Waals surface area contributed by atoms with Gasteiger partial charge < -0.3 is 4.74 Å². The van der Waals surface area contributed by atoms with Crippen molar-refractivity contribution in [2.75, 3.05) is 19.0 Å². The second-order valence-corrected chi connectivity index (χ2v) is 5.53. The molecular formula is C11H18O2S. The monoisotopic (exact) mass is 214 g/mol. The second-order valence-electron chi connectivity index (χ2n) is 4.24. The molecule has 1 unspecified atom stereocenters. The third-order valence-electron chi connectivity index (χ3n) is 3.15. The van der Waals surface area contributed by atoms with Crippen molar-refractivity contribution in [3.05, 3.63) is 0 Å². The zero-order valence-electron chi connectivity index (χ0n) is 8.54. The van der Waals surface area contributed by atoms with E-state index in [1.807, 2.05) is 11.8 Å². The largest absolute Gasteiger partial charge is 0.381 e. The summed E-state index contributed by atoms with van der Waals surface area (Å²) in [7, 11) is 0. The van der Waals surface area contributed by atoms with Gasteiger partial charge >= 0.3 is 0 Å². The van der Waals surface area contributed by atoms with Crippen molar-refractivity contribution >= 4 is 17.5 Å². The molecule has 2 fully saturated rings. The number of ether oxygens (including phenoxy) is 1. The summed E-state index contributed by atoms with van der Waals surface area (Å²) in [6, 6.07) is 0. The molecule has 0 amide bonds. The van der Waals surface area contributed by atoms with E-state index in [-0.39, 0.29) is 5.92 Å². The predicted octanol–water partition coefficient (Wildman–Crippen LogP) is 2.27. The molecule has 2 aliphatic rings. The van der Waals surface area contributed by atoms with Crippen LogP contribution in [0.25, 0.3) is 0 Å². The Morgan fingerprint density at radius 1 is 1.29 bits per heavy atom. The maximum atomic E-state index is 11.7. The summed E-state index contributed by atoms with van der Waals surface area (Å²) >= 11 is 1.87. The third-order valence-corrected chi connectivity index (χ3v) is 4.54. The van der Waals surface area contributed by atoms with Crippen LogP contribution in [0.1, 0.15) is 32.1 Å². The molecule has 0 aromatic rings. The van der Waals surface area contributed by atoms with Gasteiger partial charge in [-0.1, -0.05) is 12.8 Å². The number of rotatable bonds is 4. The lowest BCUT2D eigenvalue weighted by Gasteiger charge is -2.10. The highest BCUT2D eigenvalue weighted by Gasteiger charge is 2.24. The van der Waals surface area contributed by atoms with Gasteiger partial charge in [-0.05, 0) is 19.3 Å². The Morgan fingerprint density at radius 2 is 2.07 bits per heavy atom. The van der Waals surface area contributed by atoms with Gasteiger partial charge in [0.1, 0.15) is 5.78 Å². The van der Waals surface area contributed by atoms with E-state index in [1.54, 1.807) is 0 Å². The molecule has 80 valence electrons. The first kappa shape index (κ1) is 10.5. The summed E-state index contributed by atoms with van der Waals surface area (Å²) in [6.07, 6.45) is 6.30. The van der Waals surface area contributed by atoms with Crippen LogP contribution >= 0.6 is 11.8 Å². The van der Waals surface area contributed by atoms with Crippen molar-refractivity contribution in [3.63, 3.8) is 0 Å². The molecule has 0 aromatic heterocycles. The molecule has 2 rings (SSSR count). The van der Waals surface area contributed by atoms with Gasteiger partial charge in [0.05, 0.1) is 12.4 Å². The molecule has 0 spiro atoms. The first-order chi connectivity index (χ1) is 6.86. The van der Waals surface area contributed by atoms with Crippen molar-refractivity contribution in [1.29, 1.82) is 0 Å². The summed E-state index contributed by atoms with van der Waals surface area (Å²) in [5, 5.41) is 0.765. The fraction of sp³-hybridized carbons (Fsp3) is 0.909. The molecule has 2 nitrogen and oxygen atoms in total. The van der Waals surface area contributed by atoms with Gasteiger partial charge in [0.25, 0.3) is 0 Å². The summed E-state index contributed by atoms with van der Waals surface area (Å²) in [5.41, 5.74) is 0. The SMILES string of the molecule is O=C(CSC1CCCC1)C1CCOC1. The molecule has 0 bridgehead atoms. The molecule has 0 N–H and O–H groups in total. The second kappa shape index (κ2) is 5.17. The van der Waals surface area contributed by atoms with Crippen LogP contribution in [0.3, 0.4) is 0 Å². The highest BCUT2D eigenvalue weighted by atomic mass is 32.2. The summed E-state index contributed by atoms with van der Waals surface area (Å²) in [4.78, 5) is 11.7. The molecular weight excluding hydrogens is 196 g/mol. The van der Waals surface area contributed by atoms with Gasteiger partial charge in [-0.15, -0.1) is 0 Å². The molecule has 3 heteroatoms. The average Bonchev–Trinajstić information content (AvgIpc) is 2.87. The summed E-state index contributed by atoms with van der Waals surface area (Å²) < 4.78 is 5.22. The fourth-order valence-corrected chi connectivity index (χ4v) is 3.46. The Balaban J connectivity index is 1.66. The molecule has 0 aromatic carbocycles. The minimum atomic E-state index is 0.212. The van der Waals surface area contributed by atoms with E-state index in [2.05, 4.69) is 0 Å². The number of carbonyl (C=O) groups excluding carboxylic acids is 1. The highest BCUT2D eigenvalue weighted by Crippen LogP contribution is 2.30. The summed E-state index contributed by atoms with van der Waals surface area (Å²) in [6.45, 7) is 1.45. The van der Waals surface area contributed by atoms with Gasteiger partial charge in [0.15, 0.2) is 0 Å². The maximum Gasteiger partial charge on any atom is 0.148 e. The quantitative estimate of drug-likeness (QED) is 0.718. The molecule has 14 heavy (non-hydrogen) atoms. The number of hydrogen-bond acceptors (Lipinski definition) is 3. The number of carbonyl (C=O) groups is 1. The minimum absolute atomic E-state index is 0.212. The molecule has 1 saturated carbocycles. The van der Waals surface area contributed by atoms with Crippen molar-refractivity contribution in [1.82, 2.24) is 0 Å². The first-order valence-corrected chi connectivity index (χ1v) is 6.63. The maximum absolute atomic E-state index is 11.7. The lowest BCUT2D eigenvalue weighted by molar-refractivity contribution is -0.120. The van der Waals surface area contributed by atoms with Crippen LogP contribution in [0.4, 0.5) is 0 Å². The van der Waals surface area contributed by atoms with Crippen molar-refractivity contribution in [2.45, 2.75) is 37.4 Å². The van der Waals surface area contributed by atoms with Crippen LogP contribution in [0, 0.1) is 5.92 Å². The van der Waals surface area contributed by atoms with Crippen molar-refractivity contribution in [2.24, 2.45) is 5.92 Å². The van der Waals surface area contributed by atoms with Gasteiger partial charge in [0, 0.05) is 17.8 Å². The van der Waals surface area contributed by atoms with Crippen molar-refractivity contribution < 1.29 is 9.53 Å². The average molecular weight is 214 g/mol. The molecule has 1 atom stereocenters. The Bertz CT molecular complexity index is 193. The van der Waals surface area contributed by atoms with E-state index in [0.717, 1.165) is 24.0 Å². The topological polar surface area (TPSA) is 26.3 Å². The van der Waals surface area contributed by atoms with E-state index in [9.17, 15) is 4.79 Å². The smallest absolute Gasteiger partial charge is 0.148 e. The first-order valence-electron chi connectivity index (χ1n) is 5.58. The molecule has 0 radical (unpaired) electrons. The van der Waals surface area contributed by atoms with Gasteiger partial charge in [-0.25, -0.2) is 0 Å². The van der Waals surface area contributed by atoms with E-state index in [4.69, 9.17) is 4.74 Å². The Hall–Kier alpha value is -0.0200. The van der Waals surface area contributed by atoms with E-state index in [1.165, 1.54) is 25.7 Å². The zero-order valence-corrected chi connectivity index (χ0v) is 9.35. The van der Waals surface area contributed by atoms with E-state index in [0.29, 0.717) is 12.4 Å². The predicted molar refractivity (Wildman–Crippen MR) is 58.6 cm³/mol. The number of thioether (sulfide) groups is 1. The molecule has 1 heterocycles. The van der Waals surface area contributed by atoms with Gasteiger partial charge in [-0.3, -0.25) is 4.79 Å². The summed E-state index contributed by atoms with van der Waals surface area (Å²) in [5.74, 6) is 1.35. The van der Waals surface area contributed by atoms with Crippen LogP contribution in [0.5, 0.6) is 0 Å². The van der Waals surface area contributed by atoms with Crippen molar-refractivity contribution in [3.8, 4) is 0 Å². The Labute approximate surface area is 89.8 Å². The van der Waals surface area contributed by atoms with Crippen LogP contribution in [0.15, 0.2) is 0 Å². The van der Waals surface area contributed by atoms with Gasteiger partial charge in [-0.2, -0.15) is 11.8 Å². The van der Waals surface area contributed by atoms with Gasteiger partial charge in [0.2, 0.25) is 0 Å². The highest BCUT2D eigenvalue weighted by molar-refractivity contribution is 8.00. The van der Waals surface area contributed by atoms with Crippen LogP contribution < -0.4 is 0 Å². The van der Waals surface area contributed by atoms with Crippen LogP contribution in [-0.4, -0.2) is 30.0 Å². The molecule has 1 aliphatic carbocycles. The Morgan fingerprint density at radius 3 is 2.71 bits per heavy atom. The number of hydrogen-bond donors (Lipinski definition) is 0. The van der Waals surface area contributed by atoms with Crippen LogP contribution in [0.2, 0.25) is 0 Å². The normalized spacial score (nSPS) is 28.4. The molecule has 1 aliphatic heterocycles. The molecule has 1 saturated heterocycles.